The topological polar surface area (TPSA) is 21.3 Å². The zero-order chi connectivity index (χ0) is 49.3. The Morgan fingerprint density at radius 1 is 0.516 bits per heavy atom. The molecule has 2 nitrogen and oxygen atoms in total. The van der Waals surface area contributed by atoms with E-state index in [1.807, 2.05) is 27.7 Å². The predicted octanol–water partition coefficient (Wildman–Crippen LogP) is 19.0. The van der Waals surface area contributed by atoms with Crippen LogP contribution in [0.5, 0.6) is 5.75 Å². The first-order valence-corrected chi connectivity index (χ1v) is 22.8. The van der Waals surface area contributed by atoms with Crippen LogP contribution < -0.4 is 10.1 Å². The van der Waals surface area contributed by atoms with Gasteiger partial charge in [0.1, 0.15) is 10.6 Å². The zero-order valence-electron chi connectivity index (χ0n) is 38.6. The number of anilines is 1. The van der Waals surface area contributed by atoms with E-state index >= 15 is 0 Å². The third-order valence-electron chi connectivity index (χ3n) is 8.83. The Hall–Kier alpha value is -4.72. The van der Waals surface area contributed by atoms with E-state index in [9.17, 15) is 45.8 Å². The van der Waals surface area contributed by atoms with Crippen molar-refractivity contribution in [2.45, 2.75) is 131 Å². The number of nitrogens with one attached hydrogen (secondary N) is 1. The molecule has 1 N–H and O–H groups in total. The maximum Gasteiger partial charge on any atom is 0.573 e. The van der Waals surface area contributed by atoms with Crippen LogP contribution in [0.15, 0.2) is 126 Å². The summed E-state index contributed by atoms with van der Waals surface area (Å²) in [6.45, 7) is 23.8. The van der Waals surface area contributed by atoms with Crippen molar-refractivity contribution in [2.75, 3.05) is 5.32 Å². The van der Waals surface area contributed by atoms with Gasteiger partial charge in [0, 0.05) is 11.7 Å². The third kappa shape index (κ3) is 24.4. The molecule has 0 aliphatic rings. The largest absolute Gasteiger partial charge is 0.573 e. The van der Waals surface area contributed by atoms with Gasteiger partial charge in [0.2, 0.25) is 0 Å². The lowest BCUT2D eigenvalue weighted by Crippen LogP contribution is -2.17. The molecule has 64 heavy (non-hydrogen) atoms. The van der Waals surface area contributed by atoms with Crippen molar-refractivity contribution in [1.29, 1.82) is 0 Å². The highest BCUT2D eigenvalue weighted by atomic mass is 32.5. The van der Waals surface area contributed by atoms with E-state index in [-0.39, 0.29) is 17.6 Å². The van der Waals surface area contributed by atoms with Crippen LogP contribution in [-0.2, 0) is 12.6 Å². The van der Waals surface area contributed by atoms with Gasteiger partial charge in [-0.15, -0.1) is 13.2 Å². The fraction of sp³-hybridized carbons (Fsp3) is 0.400. The summed E-state index contributed by atoms with van der Waals surface area (Å²) in [5.74, 6) is 1.02. The van der Waals surface area contributed by atoms with Gasteiger partial charge in [-0.3, -0.25) is 0 Å². The van der Waals surface area contributed by atoms with Crippen LogP contribution >= 0.6 is 10.2 Å². The maximum absolute atomic E-state index is 12.4. The molecule has 5 rings (SSSR count). The highest BCUT2D eigenvalue weighted by Crippen LogP contribution is 3.02. The zero-order valence-corrected chi connectivity index (χ0v) is 39.4. The highest BCUT2D eigenvalue weighted by molar-refractivity contribution is 8.45. The molecule has 0 aliphatic heterocycles. The molecule has 0 heterocycles. The van der Waals surface area contributed by atoms with Crippen LogP contribution in [0, 0.1) is 19.8 Å². The molecular weight excluding hydrogens is 872 g/mol. The van der Waals surface area contributed by atoms with Crippen molar-refractivity contribution in [2.24, 2.45) is 5.92 Å². The second-order valence-corrected chi connectivity index (χ2v) is 19.4. The van der Waals surface area contributed by atoms with Crippen molar-refractivity contribution >= 4 is 15.9 Å². The minimum atomic E-state index is -9.49. The number of ether oxygens (including phenoxy) is 1. The lowest BCUT2D eigenvalue weighted by atomic mass is 9.98. The number of rotatable bonds is 9. The first kappa shape index (κ1) is 57.3. The van der Waals surface area contributed by atoms with E-state index in [4.69, 9.17) is 0 Å². The lowest BCUT2D eigenvalue weighted by molar-refractivity contribution is -0.274. The standard InChI is InChI=1S/C11H13F3.C10H11F3O.C10H15N.C10H14.C9H11F5S/c1-7(2)9-4-8(3)5-10(6-9)11(12,13)14;1-7(2)8-3-5-9(6-4-8)14-10(11,12)13;1-8(2)11-10-6-4-5-9(3)7-10;1-9(2)8-10-6-4-3-5-7-10;1-7(2)8-3-5-9(6-4-8)15(10,11,12,13)14/h4-7H,1-3H3;3-7H,1-2H3;4-8,11H,1-3H3;3-7,9H,8H2,1-2H3;3-7H,1-2H3. The van der Waals surface area contributed by atoms with Crippen LogP contribution in [-0.4, -0.2) is 12.4 Å². The molecule has 0 aromatic heterocycles. The molecule has 5 aromatic carbocycles. The maximum atomic E-state index is 12.4. The molecule has 0 spiro atoms. The summed E-state index contributed by atoms with van der Waals surface area (Å²) < 4.78 is 138. The summed E-state index contributed by atoms with van der Waals surface area (Å²) in [7, 11) is -9.49. The predicted molar refractivity (Wildman–Crippen MR) is 244 cm³/mol. The molecule has 14 heteroatoms. The average molecular weight is 936 g/mol. The Labute approximate surface area is 373 Å². The molecule has 0 unspecified atom stereocenters. The lowest BCUT2D eigenvalue weighted by Gasteiger charge is -2.40. The van der Waals surface area contributed by atoms with Crippen molar-refractivity contribution < 1.29 is 50.5 Å². The number of hydrogen-bond donors (Lipinski definition) is 1. The molecule has 0 radical (unpaired) electrons. The van der Waals surface area contributed by atoms with E-state index in [1.165, 1.54) is 47.5 Å². The van der Waals surface area contributed by atoms with Gasteiger partial charge in [-0.1, -0.05) is 153 Å². The quantitative estimate of drug-likeness (QED) is 0.149. The Bertz CT molecular complexity index is 2090. The summed E-state index contributed by atoms with van der Waals surface area (Å²) in [6, 6.07) is 32.7. The summed E-state index contributed by atoms with van der Waals surface area (Å²) in [4.78, 5) is -1.83. The molecule has 0 saturated carbocycles. The Morgan fingerprint density at radius 3 is 1.39 bits per heavy atom. The molecule has 0 atom stereocenters. The van der Waals surface area contributed by atoms with E-state index < -0.39 is 33.2 Å². The second kappa shape index (κ2) is 23.5. The number of benzene rings is 5. The smallest absolute Gasteiger partial charge is 0.406 e. The molecule has 0 aliphatic carbocycles. The van der Waals surface area contributed by atoms with E-state index in [0.717, 1.165) is 29.2 Å². The van der Waals surface area contributed by atoms with Gasteiger partial charge in [0.05, 0.1) is 5.56 Å². The molecule has 0 fully saturated rings. The Morgan fingerprint density at radius 2 is 1.00 bits per heavy atom. The molecular formula is C50H64F11NOS. The van der Waals surface area contributed by atoms with Gasteiger partial charge < -0.3 is 10.1 Å². The Kier molecular flexibility index (Phi) is 21.0. The Balaban J connectivity index is 0.000000403. The van der Waals surface area contributed by atoms with Gasteiger partial charge in [0.15, 0.2) is 0 Å². The van der Waals surface area contributed by atoms with Crippen LogP contribution in [0.4, 0.5) is 51.5 Å². The van der Waals surface area contributed by atoms with Crippen molar-refractivity contribution in [3.63, 3.8) is 0 Å². The average Bonchev–Trinajstić information content (AvgIpc) is 3.14. The first-order chi connectivity index (χ1) is 29.1. The van der Waals surface area contributed by atoms with Gasteiger partial charge >= 0.3 is 22.8 Å². The molecule has 358 valence electrons. The molecule has 0 saturated heterocycles. The van der Waals surface area contributed by atoms with Crippen molar-refractivity contribution in [3.05, 3.63) is 160 Å². The first-order valence-electron chi connectivity index (χ1n) is 20.8. The van der Waals surface area contributed by atoms with Crippen LogP contribution in [0.1, 0.15) is 126 Å². The van der Waals surface area contributed by atoms with Crippen molar-refractivity contribution in [3.8, 4) is 5.75 Å². The third-order valence-corrected chi connectivity index (χ3v) is 9.99. The van der Waals surface area contributed by atoms with Crippen LogP contribution in [0.25, 0.3) is 0 Å². The van der Waals surface area contributed by atoms with E-state index in [0.29, 0.717) is 35.2 Å². The monoisotopic (exact) mass is 935 g/mol. The number of halogens is 11. The van der Waals surface area contributed by atoms with Crippen LogP contribution in [0.2, 0.25) is 0 Å². The summed E-state index contributed by atoms with van der Waals surface area (Å²) in [6.07, 6.45) is -7.66. The highest BCUT2D eigenvalue weighted by Gasteiger charge is 2.65. The minimum Gasteiger partial charge on any atom is -0.406 e. The number of hydrogen-bond acceptors (Lipinski definition) is 2. The van der Waals surface area contributed by atoms with Gasteiger partial charge in [-0.2, -0.15) is 13.2 Å². The molecule has 0 bridgehead atoms. The molecule has 0 amide bonds. The number of alkyl halides is 6. The minimum absolute atomic E-state index is 0.0116. The summed E-state index contributed by atoms with van der Waals surface area (Å²) in [5, 5.41) is 3.35. The van der Waals surface area contributed by atoms with E-state index in [1.54, 1.807) is 39.0 Å². The SMILES string of the molecule is CC(C)Cc1ccccc1.CC(C)c1ccc(OC(F)(F)F)cc1.CC(C)c1ccc(S(F)(F)(F)(F)F)cc1.Cc1cc(C(C)C)cc(C(F)(F)F)c1.Cc1cccc(NC(C)C)c1. The fourth-order valence-electron chi connectivity index (χ4n) is 5.63. The van der Waals surface area contributed by atoms with Gasteiger partial charge in [0.25, 0.3) is 0 Å². The molecule has 5 aromatic rings. The number of aryl methyl sites for hydroxylation is 2. The summed E-state index contributed by atoms with van der Waals surface area (Å²) >= 11 is 0. The van der Waals surface area contributed by atoms with Crippen LogP contribution in [0.3, 0.4) is 0 Å². The van der Waals surface area contributed by atoms with Gasteiger partial charge in [-0.05, 0) is 134 Å². The normalized spacial score (nSPS) is 12.7. The fourth-order valence-corrected chi connectivity index (χ4v) is 6.28. The van der Waals surface area contributed by atoms with E-state index in [2.05, 4.69) is 99.3 Å². The van der Waals surface area contributed by atoms with Gasteiger partial charge in [-0.25, -0.2) is 0 Å². The van der Waals surface area contributed by atoms with Crippen molar-refractivity contribution in [1.82, 2.24) is 0 Å². The second-order valence-electron chi connectivity index (χ2n) is 17.0. The summed E-state index contributed by atoms with van der Waals surface area (Å²) in [5.41, 5.74) is 6.37.